The summed E-state index contributed by atoms with van der Waals surface area (Å²) in [7, 11) is 0. The third-order valence-corrected chi connectivity index (χ3v) is 3.65. The molecule has 3 nitrogen and oxygen atoms in total. The molecule has 2 fully saturated rings. The van der Waals surface area contributed by atoms with Gasteiger partial charge >= 0.3 is 0 Å². The van der Waals surface area contributed by atoms with Crippen LogP contribution in [0.1, 0.15) is 25.7 Å². The minimum absolute atomic E-state index is 0.108. The molecule has 0 spiro atoms. The molecule has 0 bridgehead atoms. The predicted octanol–water partition coefficient (Wildman–Crippen LogP) is 2.21. The van der Waals surface area contributed by atoms with E-state index < -0.39 is 11.6 Å². The smallest absolute Gasteiger partial charge is 0.244 e. The van der Waals surface area contributed by atoms with Crippen LogP contribution in [-0.4, -0.2) is 24.5 Å². The number of hydrogen-bond acceptors (Lipinski definition) is 2. The van der Waals surface area contributed by atoms with Gasteiger partial charge in [0.15, 0.2) is 0 Å². The number of amides is 1. The van der Waals surface area contributed by atoms with Crippen molar-refractivity contribution in [3.63, 3.8) is 0 Å². The highest BCUT2D eigenvalue weighted by atomic mass is 19.1. The largest absolute Gasteiger partial charge is 0.308 e. The zero-order chi connectivity index (χ0) is 13.4. The van der Waals surface area contributed by atoms with E-state index in [2.05, 4.69) is 5.32 Å². The summed E-state index contributed by atoms with van der Waals surface area (Å²) in [5, 5.41) is 3.29. The minimum Gasteiger partial charge on any atom is -0.308 e. The molecule has 19 heavy (non-hydrogen) atoms. The van der Waals surface area contributed by atoms with E-state index >= 15 is 0 Å². The van der Waals surface area contributed by atoms with Gasteiger partial charge in [-0.25, -0.2) is 8.78 Å². The molecule has 0 aromatic heterocycles. The summed E-state index contributed by atoms with van der Waals surface area (Å²) < 4.78 is 26.7. The first-order valence-electron chi connectivity index (χ1n) is 6.67. The van der Waals surface area contributed by atoms with Crippen molar-refractivity contribution in [3.05, 3.63) is 29.8 Å². The van der Waals surface area contributed by atoms with Crippen molar-refractivity contribution in [3.8, 4) is 0 Å². The van der Waals surface area contributed by atoms with Gasteiger partial charge in [-0.15, -0.1) is 0 Å². The molecule has 2 aliphatic rings. The van der Waals surface area contributed by atoms with Crippen LogP contribution in [0.15, 0.2) is 18.2 Å². The van der Waals surface area contributed by atoms with E-state index in [0.29, 0.717) is 12.6 Å². The van der Waals surface area contributed by atoms with E-state index in [0.717, 1.165) is 31.7 Å². The Kier molecular flexibility index (Phi) is 3.22. The molecule has 3 rings (SSSR count). The van der Waals surface area contributed by atoms with Crippen molar-refractivity contribution in [2.75, 3.05) is 11.4 Å². The highest BCUT2D eigenvalue weighted by Crippen LogP contribution is 2.27. The number of rotatable bonds is 3. The van der Waals surface area contributed by atoms with Gasteiger partial charge in [0.05, 0.1) is 11.7 Å². The highest BCUT2D eigenvalue weighted by Gasteiger charge is 2.34. The first-order chi connectivity index (χ1) is 9.15. The van der Waals surface area contributed by atoms with Crippen LogP contribution in [0.3, 0.4) is 0 Å². The van der Waals surface area contributed by atoms with E-state index in [9.17, 15) is 13.6 Å². The van der Waals surface area contributed by atoms with Crippen LogP contribution in [0.25, 0.3) is 0 Å². The molecular formula is C14H16F2N2O. The first-order valence-corrected chi connectivity index (χ1v) is 6.67. The molecular weight excluding hydrogens is 250 g/mol. The molecule has 1 saturated heterocycles. The molecule has 1 unspecified atom stereocenters. The Balaban J connectivity index is 1.80. The molecule has 1 N–H and O–H groups in total. The average Bonchev–Trinajstić information content (AvgIpc) is 3.17. The fourth-order valence-corrected chi connectivity index (χ4v) is 2.50. The molecule has 102 valence electrons. The van der Waals surface area contributed by atoms with Crippen LogP contribution in [-0.2, 0) is 4.79 Å². The molecule has 1 aromatic rings. The van der Waals surface area contributed by atoms with Gasteiger partial charge in [-0.2, -0.15) is 0 Å². The Morgan fingerprint density at radius 3 is 2.68 bits per heavy atom. The zero-order valence-electron chi connectivity index (χ0n) is 10.5. The van der Waals surface area contributed by atoms with Crippen LogP contribution in [0.4, 0.5) is 14.5 Å². The number of halogens is 2. The fraction of sp³-hybridized carbons (Fsp3) is 0.500. The standard InChI is InChI=1S/C14H16F2N2O/c15-9-3-6-13(11(16)8-9)18-7-1-2-12(14(18)19)17-10-4-5-10/h3,6,8,10,12,17H,1-2,4-5,7H2. The summed E-state index contributed by atoms with van der Waals surface area (Å²) in [6, 6.07) is 3.55. The van der Waals surface area contributed by atoms with Gasteiger partial charge in [0.1, 0.15) is 11.6 Å². The maximum atomic E-state index is 13.8. The maximum Gasteiger partial charge on any atom is 0.244 e. The van der Waals surface area contributed by atoms with Crippen LogP contribution in [0.2, 0.25) is 0 Å². The molecule has 1 heterocycles. The molecule has 1 saturated carbocycles. The average molecular weight is 266 g/mol. The number of carbonyl (C=O) groups is 1. The van der Waals surface area contributed by atoms with E-state index in [1.807, 2.05) is 0 Å². The van der Waals surface area contributed by atoms with Crippen molar-refractivity contribution >= 4 is 11.6 Å². The van der Waals surface area contributed by atoms with Crippen LogP contribution in [0.5, 0.6) is 0 Å². The van der Waals surface area contributed by atoms with Gasteiger partial charge in [-0.3, -0.25) is 4.79 Å². The summed E-state index contributed by atoms with van der Waals surface area (Å²) in [5.41, 5.74) is 0.175. The Morgan fingerprint density at radius 2 is 2.00 bits per heavy atom. The van der Waals surface area contributed by atoms with Crippen molar-refractivity contribution in [1.82, 2.24) is 5.32 Å². The van der Waals surface area contributed by atoms with E-state index in [-0.39, 0.29) is 17.6 Å². The minimum atomic E-state index is -0.680. The van der Waals surface area contributed by atoms with E-state index in [1.54, 1.807) is 0 Å². The lowest BCUT2D eigenvalue weighted by Gasteiger charge is -2.33. The van der Waals surface area contributed by atoms with Gasteiger partial charge in [-0.05, 0) is 37.8 Å². The topological polar surface area (TPSA) is 32.3 Å². The number of piperidine rings is 1. The van der Waals surface area contributed by atoms with Crippen molar-refractivity contribution in [1.29, 1.82) is 0 Å². The van der Waals surface area contributed by atoms with Crippen molar-refractivity contribution in [2.45, 2.75) is 37.8 Å². The Bertz CT molecular complexity index is 502. The van der Waals surface area contributed by atoms with Crippen molar-refractivity contribution in [2.24, 2.45) is 0 Å². The second-order valence-electron chi connectivity index (χ2n) is 5.22. The highest BCUT2D eigenvalue weighted by molar-refractivity contribution is 5.98. The fourth-order valence-electron chi connectivity index (χ4n) is 2.50. The SMILES string of the molecule is O=C1C(NC2CC2)CCCN1c1ccc(F)cc1F. The third kappa shape index (κ3) is 2.61. The second-order valence-corrected chi connectivity index (χ2v) is 5.22. The molecule has 0 radical (unpaired) electrons. The van der Waals surface area contributed by atoms with Gasteiger partial charge in [0, 0.05) is 18.7 Å². The Hall–Kier alpha value is -1.49. The van der Waals surface area contributed by atoms with Gasteiger partial charge in [0.2, 0.25) is 5.91 Å². The lowest BCUT2D eigenvalue weighted by Crippen LogP contribution is -2.51. The lowest BCUT2D eigenvalue weighted by molar-refractivity contribution is -0.121. The van der Waals surface area contributed by atoms with Gasteiger partial charge in [0.25, 0.3) is 0 Å². The Morgan fingerprint density at radius 1 is 1.21 bits per heavy atom. The molecule has 1 aromatic carbocycles. The molecule has 1 aliphatic heterocycles. The Labute approximate surface area is 110 Å². The van der Waals surface area contributed by atoms with E-state index in [1.165, 1.54) is 17.0 Å². The van der Waals surface area contributed by atoms with Crippen molar-refractivity contribution < 1.29 is 13.6 Å². The van der Waals surface area contributed by atoms with Gasteiger partial charge < -0.3 is 10.2 Å². The normalized spacial score (nSPS) is 23.8. The summed E-state index contributed by atoms with van der Waals surface area (Å²) in [6.45, 7) is 0.490. The quantitative estimate of drug-likeness (QED) is 0.909. The van der Waals surface area contributed by atoms with E-state index in [4.69, 9.17) is 0 Å². The number of benzene rings is 1. The van der Waals surface area contributed by atoms with Gasteiger partial charge in [-0.1, -0.05) is 0 Å². The summed E-state index contributed by atoms with van der Waals surface area (Å²) in [5.74, 6) is -1.41. The molecule has 1 amide bonds. The lowest BCUT2D eigenvalue weighted by atomic mass is 10.0. The van der Waals surface area contributed by atoms with Crippen LogP contribution < -0.4 is 10.2 Å². The zero-order valence-corrected chi connectivity index (χ0v) is 10.5. The molecule has 5 heteroatoms. The first kappa shape index (κ1) is 12.5. The monoisotopic (exact) mass is 266 g/mol. The van der Waals surface area contributed by atoms with Crippen LogP contribution >= 0.6 is 0 Å². The number of hydrogen-bond donors (Lipinski definition) is 1. The maximum absolute atomic E-state index is 13.8. The number of nitrogens with zero attached hydrogens (tertiary/aromatic N) is 1. The third-order valence-electron chi connectivity index (χ3n) is 3.65. The summed E-state index contributed by atoms with van der Waals surface area (Å²) >= 11 is 0. The van der Waals surface area contributed by atoms with Crippen LogP contribution in [0, 0.1) is 11.6 Å². The summed E-state index contributed by atoms with van der Waals surface area (Å²) in [6.07, 6.45) is 3.82. The molecule has 1 aliphatic carbocycles. The number of nitrogens with one attached hydrogen (secondary N) is 1. The summed E-state index contributed by atoms with van der Waals surface area (Å²) in [4.78, 5) is 13.8. The second kappa shape index (κ2) is 4.89. The predicted molar refractivity (Wildman–Crippen MR) is 67.9 cm³/mol. The molecule has 1 atom stereocenters. The number of carbonyl (C=O) groups excluding carboxylic acids is 1. The number of anilines is 1.